The lowest BCUT2D eigenvalue weighted by Gasteiger charge is -2.33. The summed E-state index contributed by atoms with van der Waals surface area (Å²) < 4.78 is 5.28. The molecule has 2 aliphatic rings. The van der Waals surface area contributed by atoms with Crippen LogP contribution in [0.25, 0.3) is 11.1 Å². The maximum Gasteiger partial charge on any atom is 0.312 e. The number of aromatic nitrogens is 2. The largest absolute Gasteiger partial charge is 0.481 e. The first kappa shape index (κ1) is 18.8. The molecular formula is C23H23N3O4. The van der Waals surface area contributed by atoms with Gasteiger partial charge in [-0.1, -0.05) is 35.5 Å². The fourth-order valence-electron chi connectivity index (χ4n) is 5.47. The second-order valence-corrected chi connectivity index (χ2v) is 8.55. The minimum atomic E-state index is -0.967. The van der Waals surface area contributed by atoms with Crippen LogP contribution in [0.3, 0.4) is 0 Å². The molecule has 4 heterocycles. The lowest BCUT2D eigenvalue weighted by molar-refractivity contribution is -0.150. The number of hydrogen-bond acceptors (Lipinski definition) is 5. The van der Waals surface area contributed by atoms with Crippen molar-refractivity contribution in [3.63, 3.8) is 0 Å². The molecule has 2 bridgehead atoms. The summed E-state index contributed by atoms with van der Waals surface area (Å²) in [7, 11) is 0. The zero-order valence-corrected chi connectivity index (χ0v) is 17.0. The summed E-state index contributed by atoms with van der Waals surface area (Å²) >= 11 is 0. The second kappa shape index (κ2) is 6.65. The first-order valence-electron chi connectivity index (χ1n) is 10.2. The van der Waals surface area contributed by atoms with Crippen molar-refractivity contribution in [2.75, 3.05) is 0 Å². The van der Waals surface area contributed by atoms with Crippen molar-refractivity contribution in [2.45, 2.75) is 51.6 Å². The number of hydrogen-bond donors (Lipinski definition) is 1. The molecule has 1 N–H and O–H groups in total. The molecule has 0 saturated carbocycles. The van der Waals surface area contributed by atoms with Crippen LogP contribution in [0.4, 0.5) is 0 Å². The van der Waals surface area contributed by atoms with Crippen LogP contribution in [0, 0.1) is 19.3 Å². The summed E-state index contributed by atoms with van der Waals surface area (Å²) in [4.78, 5) is 32.4. The Bertz CT molecular complexity index is 1160. The van der Waals surface area contributed by atoms with Crippen molar-refractivity contribution in [3.8, 4) is 0 Å². The zero-order chi connectivity index (χ0) is 21.0. The number of aliphatic carboxylic acids is 1. The highest BCUT2D eigenvalue weighted by atomic mass is 16.5. The molecule has 30 heavy (non-hydrogen) atoms. The lowest BCUT2D eigenvalue weighted by atomic mass is 9.70. The van der Waals surface area contributed by atoms with Crippen LogP contribution in [0.2, 0.25) is 0 Å². The fourth-order valence-corrected chi connectivity index (χ4v) is 5.47. The number of benzene rings is 1. The number of aryl methyl sites for hydroxylation is 2. The number of rotatable bonds is 4. The van der Waals surface area contributed by atoms with Gasteiger partial charge in [-0.3, -0.25) is 9.59 Å². The molecule has 5 rings (SSSR count). The van der Waals surface area contributed by atoms with E-state index in [-0.39, 0.29) is 18.0 Å². The number of amides is 1. The summed E-state index contributed by atoms with van der Waals surface area (Å²) in [6.07, 6.45) is 2.43. The molecular weight excluding hydrogens is 382 g/mol. The highest BCUT2D eigenvalue weighted by molar-refractivity contribution is 6.06. The van der Waals surface area contributed by atoms with E-state index in [9.17, 15) is 14.7 Å². The quantitative estimate of drug-likeness (QED) is 0.713. The maximum absolute atomic E-state index is 13.7. The highest BCUT2D eigenvalue weighted by Crippen LogP contribution is 2.52. The third kappa shape index (κ3) is 2.65. The van der Waals surface area contributed by atoms with Crippen molar-refractivity contribution in [3.05, 3.63) is 58.9 Å². The van der Waals surface area contributed by atoms with E-state index < -0.39 is 11.4 Å². The van der Waals surface area contributed by atoms with Crippen LogP contribution in [0.15, 0.2) is 40.9 Å². The summed E-state index contributed by atoms with van der Waals surface area (Å²) in [6, 6.07) is 11.0. The van der Waals surface area contributed by atoms with Gasteiger partial charge in [0.25, 0.3) is 11.6 Å². The second-order valence-electron chi connectivity index (χ2n) is 8.55. The van der Waals surface area contributed by atoms with Gasteiger partial charge in [0.2, 0.25) is 0 Å². The fraction of sp³-hybridized carbons (Fsp3) is 0.391. The average molecular weight is 405 g/mol. The van der Waals surface area contributed by atoms with Crippen LogP contribution in [-0.2, 0) is 11.2 Å². The van der Waals surface area contributed by atoms with Gasteiger partial charge in [0.05, 0.1) is 22.1 Å². The van der Waals surface area contributed by atoms with Gasteiger partial charge in [0, 0.05) is 17.8 Å². The minimum absolute atomic E-state index is 0.0778. The number of fused-ring (bicyclic) bond motifs is 3. The lowest BCUT2D eigenvalue weighted by Crippen LogP contribution is -2.46. The molecule has 0 spiro atoms. The highest BCUT2D eigenvalue weighted by Gasteiger charge is 2.61. The Morgan fingerprint density at radius 2 is 2.00 bits per heavy atom. The standard InChI is InChI=1S/C23H23N3O4/c1-13-10-17(19-14(2)25-30-20(19)24-13)21(27)26-16-8-9-18(26)23(12-16,22(28)29)11-15-6-4-3-5-7-15/h3-7,10,16,18H,8-9,11-12H2,1-2H3,(H,28,29)/t16-,18+,23+/m0/s1. The zero-order valence-electron chi connectivity index (χ0n) is 17.0. The van der Waals surface area contributed by atoms with Gasteiger partial charge in [-0.05, 0) is 51.2 Å². The first-order valence-corrected chi connectivity index (χ1v) is 10.2. The topological polar surface area (TPSA) is 96.5 Å². The van der Waals surface area contributed by atoms with E-state index in [4.69, 9.17) is 4.52 Å². The Hall–Kier alpha value is -3.22. The molecule has 2 aromatic heterocycles. The Morgan fingerprint density at radius 3 is 2.73 bits per heavy atom. The summed E-state index contributed by atoms with van der Waals surface area (Å²) in [6.45, 7) is 3.60. The van der Waals surface area contributed by atoms with Crippen molar-refractivity contribution >= 4 is 23.0 Å². The van der Waals surface area contributed by atoms with Gasteiger partial charge in [-0.25, -0.2) is 4.98 Å². The van der Waals surface area contributed by atoms with E-state index in [0.29, 0.717) is 47.3 Å². The third-order valence-electron chi connectivity index (χ3n) is 6.74. The molecule has 1 amide bonds. The van der Waals surface area contributed by atoms with Crippen molar-refractivity contribution in [1.82, 2.24) is 15.0 Å². The molecule has 3 aromatic rings. The van der Waals surface area contributed by atoms with E-state index in [1.165, 1.54) is 0 Å². The smallest absolute Gasteiger partial charge is 0.312 e. The van der Waals surface area contributed by atoms with Gasteiger partial charge in [-0.15, -0.1) is 0 Å². The van der Waals surface area contributed by atoms with E-state index in [1.807, 2.05) is 42.2 Å². The summed E-state index contributed by atoms with van der Waals surface area (Å²) in [5, 5.41) is 14.9. The van der Waals surface area contributed by atoms with Crippen LogP contribution in [0.1, 0.15) is 46.6 Å². The molecule has 2 aliphatic heterocycles. The van der Waals surface area contributed by atoms with E-state index in [1.54, 1.807) is 13.0 Å². The number of carbonyl (C=O) groups excluding carboxylic acids is 1. The Balaban J connectivity index is 1.56. The van der Waals surface area contributed by atoms with Crippen molar-refractivity contribution in [1.29, 1.82) is 0 Å². The molecule has 7 nitrogen and oxygen atoms in total. The number of carboxylic acids is 1. The van der Waals surface area contributed by atoms with Gasteiger partial charge < -0.3 is 14.5 Å². The molecule has 0 radical (unpaired) electrons. The van der Waals surface area contributed by atoms with Crippen LogP contribution in [-0.4, -0.2) is 44.1 Å². The number of nitrogens with zero attached hydrogens (tertiary/aromatic N) is 3. The molecule has 154 valence electrons. The first-order chi connectivity index (χ1) is 14.4. The molecule has 0 aliphatic carbocycles. The maximum atomic E-state index is 13.7. The SMILES string of the molecule is Cc1cc(C(=O)N2[C@H]3CC[C@@H]2[C@](Cc2ccccc2)(C(=O)O)C3)c2c(C)noc2n1. The van der Waals surface area contributed by atoms with E-state index >= 15 is 0 Å². The summed E-state index contributed by atoms with van der Waals surface area (Å²) in [5.41, 5.74) is 2.13. The summed E-state index contributed by atoms with van der Waals surface area (Å²) in [5.74, 6) is -0.978. The normalized spacial score (nSPS) is 25.2. The number of carboxylic acid groups (broad SMARTS) is 1. The minimum Gasteiger partial charge on any atom is -0.481 e. The predicted octanol–water partition coefficient (Wildman–Crippen LogP) is 3.53. The average Bonchev–Trinajstić information content (AvgIpc) is 3.39. The third-order valence-corrected chi connectivity index (χ3v) is 6.74. The van der Waals surface area contributed by atoms with Gasteiger partial charge in [0.1, 0.15) is 0 Å². The van der Waals surface area contributed by atoms with Gasteiger partial charge in [-0.2, -0.15) is 0 Å². The molecule has 0 unspecified atom stereocenters. The molecule has 1 aromatic carbocycles. The Morgan fingerprint density at radius 1 is 1.23 bits per heavy atom. The number of carbonyl (C=O) groups is 2. The monoisotopic (exact) mass is 405 g/mol. The molecule has 2 saturated heterocycles. The number of pyridine rings is 1. The van der Waals surface area contributed by atoms with E-state index in [2.05, 4.69) is 10.1 Å². The molecule has 3 atom stereocenters. The van der Waals surface area contributed by atoms with Gasteiger partial charge in [0.15, 0.2) is 0 Å². The Labute approximate surface area is 173 Å². The molecule has 2 fully saturated rings. The van der Waals surface area contributed by atoms with Crippen molar-refractivity contribution < 1.29 is 19.2 Å². The van der Waals surface area contributed by atoms with Crippen LogP contribution in [0.5, 0.6) is 0 Å². The van der Waals surface area contributed by atoms with Crippen LogP contribution >= 0.6 is 0 Å². The van der Waals surface area contributed by atoms with Gasteiger partial charge >= 0.3 is 5.97 Å². The molecule has 7 heteroatoms. The predicted molar refractivity (Wildman–Crippen MR) is 109 cm³/mol. The van der Waals surface area contributed by atoms with E-state index in [0.717, 1.165) is 12.0 Å². The Kier molecular flexibility index (Phi) is 4.17. The van der Waals surface area contributed by atoms with Crippen molar-refractivity contribution in [2.24, 2.45) is 5.41 Å². The van der Waals surface area contributed by atoms with Crippen LogP contribution < -0.4 is 0 Å².